The van der Waals surface area contributed by atoms with Crippen LogP contribution in [0.25, 0.3) is 11.3 Å². The van der Waals surface area contributed by atoms with Gasteiger partial charge in [0, 0.05) is 29.1 Å². The van der Waals surface area contributed by atoms with Crippen LogP contribution in [-0.4, -0.2) is 37.8 Å². The molecule has 0 unspecified atom stereocenters. The molecular formula is C26H30N4O3S. The lowest BCUT2D eigenvalue weighted by Crippen LogP contribution is -2.43. The summed E-state index contributed by atoms with van der Waals surface area (Å²) in [6, 6.07) is 7.33. The van der Waals surface area contributed by atoms with Crippen molar-refractivity contribution in [2.75, 3.05) is 4.90 Å². The Kier molecular flexibility index (Phi) is 6.97. The van der Waals surface area contributed by atoms with E-state index in [1.54, 1.807) is 10.4 Å². The lowest BCUT2D eigenvalue weighted by Gasteiger charge is -2.32. The van der Waals surface area contributed by atoms with Crippen molar-refractivity contribution in [3.05, 3.63) is 64.8 Å². The molecule has 2 aromatic heterocycles. The van der Waals surface area contributed by atoms with E-state index in [2.05, 4.69) is 23.6 Å². The van der Waals surface area contributed by atoms with E-state index in [9.17, 15) is 14.7 Å². The van der Waals surface area contributed by atoms with Crippen LogP contribution in [0.4, 0.5) is 5.82 Å². The average Bonchev–Trinajstić information content (AvgIpc) is 3.50. The molecule has 7 nitrogen and oxygen atoms in total. The van der Waals surface area contributed by atoms with Crippen molar-refractivity contribution >= 4 is 34.6 Å². The highest BCUT2D eigenvalue weighted by Gasteiger charge is 2.34. The number of anilines is 1. The van der Waals surface area contributed by atoms with Crippen molar-refractivity contribution in [2.24, 2.45) is 11.8 Å². The van der Waals surface area contributed by atoms with Gasteiger partial charge in [-0.1, -0.05) is 25.6 Å². The van der Waals surface area contributed by atoms with Gasteiger partial charge in [-0.3, -0.25) is 9.69 Å². The van der Waals surface area contributed by atoms with Gasteiger partial charge in [0.15, 0.2) is 5.82 Å². The van der Waals surface area contributed by atoms with Crippen LogP contribution >= 0.6 is 11.3 Å². The van der Waals surface area contributed by atoms with Crippen LogP contribution in [0.1, 0.15) is 68.1 Å². The van der Waals surface area contributed by atoms with Crippen LogP contribution in [0.15, 0.2) is 47.9 Å². The molecule has 178 valence electrons. The summed E-state index contributed by atoms with van der Waals surface area (Å²) in [6.45, 7) is 10.1. The summed E-state index contributed by atoms with van der Waals surface area (Å²) in [5.74, 6) is -0.418. The number of rotatable bonds is 7. The Morgan fingerprint density at radius 3 is 2.41 bits per heavy atom. The van der Waals surface area contributed by atoms with Gasteiger partial charge < -0.3 is 5.11 Å². The second-order valence-corrected chi connectivity index (χ2v) is 9.99. The molecule has 1 aliphatic carbocycles. The molecule has 0 bridgehead atoms. The Morgan fingerprint density at radius 2 is 1.85 bits per heavy atom. The minimum atomic E-state index is -1.11. The van der Waals surface area contributed by atoms with E-state index in [4.69, 9.17) is 0 Å². The molecule has 2 heterocycles. The second kappa shape index (κ2) is 9.93. The lowest BCUT2D eigenvalue weighted by molar-refractivity contribution is -0.123. The zero-order chi connectivity index (χ0) is 24.4. The van der Waals surface area contributed by atoms with Crippen molar-refractivity contribution in [3.8, 4) is 5.69 Å². The standard InChI is InChI=1S/C26H30N4O3S/c1-16(2)30(25(31)20-7-5-17(3)6-8-20)24-22(26(32)33)13-29(28-24)21-11-9-19(10-12-21)18(4)23-14-34-15-27-23/h9-17,20H,4-8H2,1-3H3,(H,32,33). The predicted molar refractivity (Wildman–Crippen MR) is 135 cm³/mol. The maximum atomic E-state index is 13.5. The molecule has 1 aliphatic rings. The summed E-state index contributed by atoms with van der Waals surface area (Å²) in [6.07, 6.45) is 5.17. The molecular weight excluding hydrogens is 448 g/mol. The monoisotopic (exact) mass is 478 g/mol. The summed E-state index contributed by atoms with van der Waals surface area (Å²) in [4.78, 5) is 31.4. The van der Waals surface area contributed by atoms with Gasteiger partial charge in [-0.2, -0.15) is 0 Å². The molecule has 0 radical (unpaired) electrons. The predicted octanol–water partition coefficient (Wildman–Crippen LogP) is 5.66. The number of hydrogen-bond donors (Lipinski definition) is 1. The summed E-state index contributed by atoms with van der Waals surface area (Å²) in [5.41, 5.74) is 5.05. The number of benzene rings is 1. The van der Waals surface area contributed by atoms with Gasteiger partial charge in [-0.15, -0.1) is 16.4 Å². The van der Waals surface area contributed by atoms with Gasteiger partial charge in [0.1, 0.15) is 5.56 Å². The Morgan fingerprint density at radius 1 is 1.18 bits per heavy atom. The molecule has 1 fully saturated rings. The fourth-order valence-electron chi connectivity index (χ4n) is 4.46. The van der Waals surface area contributed by atoms with E-state index < -0.39 is 5.97 Å². The zero-order valence-corrected chi connectivity index (χ0v) is 20.6. The fourth-order valence-corrected chi connectivity index (χ4v) is 5.03. The van der Waals surface area contributed by atoms with E-state index in [1.165, 1.54) is 22.2 Å². The summed E-state index contributed by atoms with van der Waals surface area (Å²) >= 11 is 1.51. The highest BCUT2D eigenvalue weighted by molar-refractivity contribution is 7.07. The molecule has 0 atom stereocenters. The van der Waals surface area contributed by atoms with E-state index in [0.29, 0.717) is 11.6 Å². The van der Waals surface area contributed by atoms with Crippen LogP contribution in [0.2, 0.25) is 0 Å². The zero-order valence-electron chi connectivity index (χ0n) is 19.8. The highest BCUT2D eigenvalue weighted by Crippen LogP contribution is 2.33. The number of carboxylic acid groups (broad SMARTS) is 1. The van der Waals surface area contributed by atoms with Crippen LogP contribution in [0, 0.1) is 11.8 Å². The molecule has 0 saturated heterocycles. The van der Waals surface area contributed by atoms with Crippen molar-refractivity contribution in [3.63, 3.8) is 0 Å². The first-order valence-electron chi connectivity index (χ1n) is 11.6. The number of carbonyl (C=O) groups is 2. The third-order valence-electron chi connectivity index (χ3n) is 6.49. The number of aromatic nitrogens is 3. The van der Waals surface area contributed by atoms with Crippen molar-refractivity contribution < 1.29 is 14.7 Å². The van der Waals surface area contributed by atoms with Gasteiger partial charge in [-0.05, 0) is 63.1 Å². The normalized spacial score (nSPS) is 18.1. The number of aromatic carboxylic acids is 1. The van der Waals surface area contributed by atoms with E-state index in [0.717, 1.165) is 42.5 Å². The van der Waals surface area contributed by atoms with Gasteiger partial charge in [-0.25, -0.2) is 14.5 Å². The van der Waals surface area contributed by atoms with Crippen molar-refractivity contribution in [2.45, 2.75) is 52.5 Å². The molecule has 34 heavy (non-hydrogen) atoms. The number of amides is 1. The topological polar surface area (TPSA) is 88.3 Å². The SMILES string of the molecule is C=C(c1ccc(-n2cc(C(=O)O)c(N(C(=O)C3CCC(C)CC3)C(C)C)n2)cc1)c1cscn1. The smallest absolute Gasteiger partial charge is 0.341 e. The van der Waals surface area contributed by atoms with Gasteiger partial charge in [0.25, 0.3) is 0 Å². The molecule has 0 aliphatic heterocycles. The number of carboxylic acids is 1. The number of nitrogens with zero attached hydrogens (tertiary/aromatic N) is 4. The second-order valence-electron chi connectivity index (χ2n) is 9.27. The molecule has 1 saturated carbocycles. The summed E-state index contributed by atoms with van der Waals surface area (Å²) < 4.78 is 1.53. The summed E-state index contributed by atoms with van der Waals surface area (Å²) in [5, 5.41) is 16.4. The Bertz CT molecular complexity index is 1170. The van der Waals surface area contributed by atoms with Crippen LogP contribution in [-0.2, 0) is 4.79 Å². The third kappa shape index (κ3) is 4.82. The maximum Gasteiger partial charge on any atom is 0.341 e. The average molecular weight is 479 g/mol. The van der Waals surface area contributed by atoms with E-state index in [1.807, 2.05) is 43.5 Å². The molecule has 1 amide bonds. The fraction of sp³-hybridized carbons (Fsp3) is 0.385. The summed E-state index contributed by atoms with van der Waals surface area (Å²) in [7, 11) is 0. The minimum Gasteiger partial charge on any atom is -0.477 e. The first-order chi connectivity index (χ1) is 16.3. The maximum absolute atomic E-state index is 13.5. The molecule has 1 aromatic carbocycles. The first-order valence-corrected chi connectivity index (χ1v) is 12.5. The molecule has 3 aromatic rings. The minimum absolute atomic E-state index is 0.0159. The molecule has 0 spiro atoms. The number of hydrogen-bond acceptors (Lipinski definition) is 5. The number of thiazole rings is 1. The van der Waals surface area contributed by atoms with E-state index >= 15 is 0 Å². The molecule has 8 heteroatoms. The van der Waals surface area contributed by atoms with E-state index in [-0.39, 0.29) is 29.2 Å². The highest BCUT2D eigenvalue weighted by atomic mass is 32.1. The Hall–Kier alpha value is -3.26. The van der Waals surface area contributed by atoms with Crippen molar-refractivity contribution in [1.29, 1.82) is 0 Å². The van der Waals surface area contributed by atoms with Crippen LogP contribution in [0.5, 0.6) is 0 Å². The van der Waals surface area contributed by atoms with Gasteiger partial charge >= 0.3 is 5.97 Å². The van der Waals surface area contributed by atoms with Crippen molar-refractivity contribution in [1.82, 2.24) is 14.8 Å². The van der Waals surface area contributed by atoms with Gasteiger partial charge in [0.2, 0.25) is 5.91 Å². The number of carbonyl (C=O) groups excluding carboxylic acids is 1. The Labute approximate surface area is 203 Å². The quantitative estimate of drug-likeness (QED) is 0.474. The largest absolute Gasteiger partial charge is 0.477 e. The lowest BCUT2D eigenvalue weighted by atomic mass is 9.82. The molecule has 1 N–H and O–H groups in total. The van der Waals surface area contributed by atoms with Crippen LogP contribution < -0.4 is 4.90 Å². The molecule has 4 rings (SSSR count). The third-order valence-corrected chi connectivity index (χ3v) is 7.08. The Balaban J connectivity index is 1.65. The van der Waals surface area contributed by atoms with Crippen LogP contribution in [0.3, 0.4) is 0 Å². The first kappa shape index (κ1) is 23.9. The van der Waals surface area contributed by atoms with Gasteiger partial charge in [0.05, 0.1) is 16.9 Å².